The number of nitro benzene ring substituents is 1. The molecule has 0 amide bonds. The van der Waals surface area contributed by atoms with E-state index in [1.54, 1.807) is 20.8 Å². The standard InChI is InChI=1S/C12H13N3O5/c1-12(2,3)20-11(17)14-10(16)8-5-4-7(15(18)19)6-9(8)13-14/h4-6,13H,1-3H3. The number of rotatable bonds is 1. The van der Waals surface area contributed by atoms with Crippen LogP contribution >= 0.6 is 0 Å². The van der Waals surface area contributed by atoms with Crippen molar-refractivity contribution < 1.29 is 14.5 Å². The van der Waals surface area contributed by atoms with Crippen LogP contribution in [0, 0.1) is 10.1 Å². The highest BCUT2D eigenvalue weighted by molar-refractivity contribution is 5.84. The Balaban J connectivity index is 2.51. The van der Waals surface area contributed by atoms with Crippen LogP contribution in [-0.2, 0) is 4.74 Å². The molecule has 106 valence electrons. The van der Waals surface area contributed by atoms with Gasteiger partial charge in [0.25, 0.3) is 11.2 Å². The van der Waals surface area contributed by atoms with Gasteiger partial charge in [-0.25, -0.2) is 4.79 Å². The first-order chi connectivity index (χ1) is 9.19. The van der Waals surface area contributed by atoms with Crippen molar-refractivity contribution in [2.24, 2.45) is 0 Å². The molecule has 0 saturated heterocycles. The third-order valence-electron chi connectivity index (χ3n) is 2.46. The molecule has 0 radical (unpaired) electrons. The van der Waals surface area contributed by atoms with Gasteiger partial charge in [-0.1, -0.05) is 0 Å². The van der Waals surface area contributed by atoms with Gasteiger partial charge in [-0.15, -0.1) is 4.68 Å². The lowest BCUT2D eigenvalue weighted by Crippen LogP contribution is -2.32. The highest BCUT2D eigenvalue weighted by Gasteiger charge is 2.21. The zero-order valence-electron chi connectivity index (χ0n) is 11.2. The molecule has 1 aromatic carbocycles. The van der Waals surface area contributed by atoms with E-state index in [1.807, 2.05) is 0 Å². The van der Waals surface area contributed by atoms with Crippen LogP contribution in [0.5, 0.6) is 0 Å². The molecule has 0 atom stereocenters. The number of non-ortho nitro benzene ring substituents is 1. The van der Waals surface area contributed by atoms with Crippen molar-refractivity contribution in [1.29, 1.82) is 0 Å². The number of carbonyl (C=O) groups is 1. The summed E-state index contributed by atoms with van der Waals surface area (Å²) in [4.78, 5) is 33.9. The fraction of sp³-hybridized carbons (Fsp3) is 0.333. The minimum atomic E-state index is -0.860. The van der Waals surface area contributed by atoms with Gasteiger partial charge in [0.2, 0.25) is 0 Å². The molecule has 2 rings (SSSR count). The first-order valence-corrected chi connectivity index (χ1v) is 5.81. The largest absolute Gasteiger partial charge is 0.442 e. The third-order valence-corrected chi connectivity index (χ3v) is 2.46. The lowest BCUT2D eigenvalue weighted by atomic mass is 10.2. The summed E-state index contributed by atoms with van der Waals surface area (Å²) in [6.07, 6.45) is -0.860. The zero-order chi connectivity index (χ0) is 15.1. The van der Waals surface area contributed by atoms with Gasteiger partial charge in [-0.2, -0.15) is 0 Å². The predicted molar refractivity (Wildman–Crippen MR) is 70.8 cm³/mol. The number of nitrogens with one attached hydrogen (secondary N) is 1. The number of nitro groups is 1. The average Bonchev–Trinajstić information content (AvgIpc) is 2.64. The summed E-state index contributed by atoms with van der Waals surface area (Å²) >= 11 is 0. The van der Waals surface area contributed by atoms with Crippen molar-refractivity contribution >= 4 is 22.7 Å². The van der Waals surface area contributed by atoms with E-state index in [-0.39, 0.29) is 16.6 Å². The number of benzene rings is 1. The fourth-order valence-electron chi connectivity index (χ4n) is 1.65. The Hall–Kier alpha value is -2.64. The van der Waals surface area contributed by atoms with Gasteiger partial charge >= 0.3 is 6.09 Å². The zero-order valence-corrected chi connectivity index (χ0v) is 11.2. The molecule has 0 saturated carbocycles. The van der Waals surface area contributed by atoms with Crippen molar-refractivity contribution in [2.45, 2.75) is 26.4 Å². The quantitative estimate of drug-likeness (QED) is 0.634. The molecule has 0 aliphatic rings. The number of aromatic amines is 1. The molecule has 0 spiro atoms. The minimum absolute atomic E-state index is 0.171. The number of fused-ring (bicyclic) bond motifs is 1. The smallest absolute Gasteiger partial charge is 0.436 e. The second-order valence-electron chi connectivity index (χ2n) is 5.22. The van der Waals surface area contributed by atoms with E-state index in [0.717, 1.165) is 0 Å². The lowest BCUT2D eigenvalue weighted by Gasteiger charge is -2.18. The molecule has 8 nitrogen and oxygen atoms in total. The van der Waals surface area contributed by atoms with Crippen molar-refractivity contribution in [3.05, 3.63) is 38.7 Å². The SMILES string of the molecule is CC(C)(C)OC(=O)n1[nH]c2cc([N+](=O)[O-])ccc2c1=O. The molecule has 0 aliphatic carbocycles. The van der Waals surface area contributed by atoms with E-state index in [2.05, 4.69) is 5.10 Å². The van der Waals surface area contributed by atoms with E-state index >= 15 is 0 Å². The Kier molecular flexibility index (Phi) is 3.09. The van der Waals surface area contributed by atoms with E-state index in [4.69, 9.17) is 4.74 Å². The number of hydrogen-bond donors (Lipinski definition) is 1. The van der Waals surface area contributed by atoms with E-state index in [0.29, 0.717) is 4.68 Å². The number of carbonyl (C=O) groups excluding carboxylic acids is 1. The molecular formula is C12H13N3O5. The Morgan fingerprint density at radius 3 is 2.60 bits per heavy atom. The normalized spacial score (nSPS) is 11.6. The molecule has 0 aliphatic heterocycles. The molecule has 1 N–H and O–H groups in total. The summed E-state index contributed by atoms with van der Waals surface area (Å²) < 4.78 is 5.76. The molecular weight excluding hydrogens is 266 g/mol. The Labute approximate surface area is 113 Å². The lowest BCUT2D eigenvalue weighted by molar-refractivity contribution is -0.384. The molecule has 0 fully saturated rings. The first kappa shape index (κ1) is 13.8. The number of hydrogen-bond acceptors (Lipinski definition) is 5. The minimum Gasteiger partial charge on any atom is -0.442 e. The van der Waals surface area contributed by atoms with Gasteiger partial charge < -0.3 is 4.74 Å². The maximum absolute atomic E-state index is 12.0. The van der Waals surface area contributed by atoms with Crippen LogP contribution in [0.15, 0.2) is 23.0 Å². The van der Waals surface area contributed by atoms with Crippen molar-refractivity contribution in [2.75, 3.05) is 0 Å². The predicted octanol–water partition coefficient (Wildman–Crippen LogP) is 2.02. The number of H-pyrrole nitrogens is 1. The van der Waals surface area contributed by atoms with Gasteiger partial charge in [0.15, 0.2) is 0 Å². The van der Waals surface area contributed by atoms with Crippen LogP contribution in [-0.4, -0.2) is 26.4 Å². The van der Waals surface area contributed by atoms with Crippen LogP contribution < -0.4 is 5.56 Å². The summed E-state index contributed by atoms with van der Waals surface area (Å²) in [5.41, 5.74) is -1.32. The summed E-state index contributed by atoms with van der Waals surface area (Å²) in [5, 5.41) is 13.4. The highest BCUT2D eigenvalue weighted by Crippen LogP contribution is 2.17. The second kappa shape index (κ2) is 4.48. The summed E-state index contributed by atoms with van der Waals surface area (Å²) in [6.45, 7) is 5.01. The monoisotopic (exact) mass is 279 g/mol. The van der Waals surface area contributed by atoms with Crippen LogP contribution in [0.25, 0.3) is 10.9 Å². The fourth-order valence-corrected chi connectivity index (χ4v) is 1.65. The maximum atomic E-state index is 12.0. The van der Waals surface area contributed by atoms with Crippen LogP contribution in [0.2, 0.25) is 0 Å². The molecule has 20 heavy (non-hydrogen) atoms. The summed E-state index contributed by atoms with van der Waals surface area (Å²) in [5.74, 6) is 0. The van der Waals surface area contributed by atoms with Gasteiger partial charge in [-0.05, 0) is 26.8 Å². The third kappa shape index (κ3) is 2.53. The van der Waals surface area contributed by atoms with Gasteiger partial charge in [0.05, 0.1) is 15.8 Å². The van der Waals surface area contributed by atoms with Crippen LogP contribution in [0.1, 0.15) is 20.8 Å². The van der Waals surface area contributed by atoms with Gasteiger partial charge in [0, 0.05) is 12.1 Å². The molecule has 8 heteroatoms. The number of nitrogens with zero attached hydrogens (tertiary/aromatic N) is 2. The average molecular weight is 279 g/mol. The Morgan fingerprint density at radius 1 is 1.40 bits per heavy atom. The van der Waals surface area contributed by atoms with Crippen molar-refractivity contribution in [3.63, 3.8) is 0 Å². The molecule has 0 unspecified atom stereocenters. The molecule has 1 aromatic heterocycles. The molecule has 2 aromatic rings. The first-order valence-electron chi connectivity index (χ1n) is 5.81. The number of aromatic nitrogens is 2. The molecule has 0 bridgehead atoms. The highest BCUT2D eigenvalue weighted by atomic mass is 16.6. The van der Waals surface area contributed by atoms with Crippen molar-refractivity contribution in [1.82, 2.24) is 9.78 Å². The Morgan fingerprint density at radius 2 is 2.05 bits per heavy atom. The molecule has 1 heterocycles. The van der Waals surface area contributed by atoms with Crippen molar-refractivity contribution in [3.8, 4) is 0 Å². The van der Waals surface area contributed by atoms with E-state index < -0.39 is 22.2 Å². The van der Waals surface area contributed by atoms with Gasteiger partial charge in [0.1, 0.15) is 5.60 Å². The van der Waals surface area contributed by atoms with Crippen LogP contribution in [0.3, 0.4) is 0 Å². The van der Waals surface area contributed by atoms with E-state index in [9.17, 15) is 19.7 Å². The number of ether oxygens (including phenoxy) is 1. The maximum Gasteiger partial charge on any atom is 0.436 e. The topological polar surface area (TPSA) is 107 Å². The second-order valence-corrected chi connectivity index (χ2v) is 5.22. The summed E-state index contributed by atoms with van der Waals surface area (Å²) in [7, 11) is 0. The van der Waals surface area contributed by atoms with Crippen LogP contribution in [0.4, 0.5) is 10.5 Å². The summed E-state index contributed by atoms with van der Waals surface area (Å²) in [6, 6.07) is 3.70. The Bertz CT molecular complexity index is 751. The van der Waals surface area contributed by atoms with Gasteiger partial charge in [-0.3, -0.25) is 20.0 Å². The van der Waals surface area contributed by atoms with E-state index in [1.165, 1.54) is 18.2 Å².